The molecular weight excluding hydrogens is 302 g/mol. The Labute approximate surface area is 138 Å². The minimum absolute atomic E-state index is 0.214. The summed E-state index contributed by atoms with van der Waals surface area (Å²) in [6, 6.07) is -1.03. The fourth-order valence-electron chi connectivity index (χ4n) is 2.74. The van der Waals surface area contributed by atoms with Crippen molar-refractivity contribution in [2.45, 2.75) is 64.8 Å². The number of likely N-dealkylation sites (tertiary alicyclic amines) is 1. The van der Waals surface area contributed by atoms with Gasteiger partial charge in [-0.25, -0.2) is 8.78 Å². The van der Waals surface area contributed by atoms with E-state index in [2.05, 4.69) is 5.32 Å². The second-order valence-electron chi connectivity index (χ2n) is 6.45. The fourth-order valence-corrected chi connectivity index (χ4v) is 2.74. The highest BCUT2D eigenvalue weighted by atomic mass is 19.3. The van der Waals surface area contributed by atoms with Crippen molar-refractivity contribution >= 4 is 5.91 Å². The molecule has 4 nitrogen and oxygen atoms in total. The maximum absolute atomic E-state index is 14.2. The molecular formula is C17H32F2N2O2. The van der Waals surface area contributed by atoms with Gasteiger partial charge in [0.2, 0.25) is 5.91 Å². The number of carbonyl (C=O) groups excluding carboxylic acids is 1. The molecule has 1 aliphatic rings. The highest BCUT2D eigenvalue weighted by Crippen LogP contribution is 2.28. The molecule has 136 valence electrons. The summed E-state index contributed by atoms with van der Waals surface area (Å²) in [4.78, 5) is 13.7. The van der Waals surface area contributed by atoms with Crippen molar-refractivity contribution in [3.05, 3.63) is 0 Å². The Morgan fingerprint density at radius 1 is 1.35 bits per heavy atom. The number of halogens is 2. The van der Waals surface area contributed by atoms with Crippen molar-refractivity contribution in [3.8, 4) is 0 Å². The molecule has 0 radical (unpaired) electrons. The monoisotopic (exact) mass is 334 g/mol. The zero-order chi connectivity index (χ0) is 17.3. The van der Waals surface area contributed by atoms with Gasteiger partial charge in [-0.3, -0.25) is 9.69 Å². The Morgan fingerprint density at radius 3 is 2.70 bits per heavy atom. The van der Waals surface area contributed by atoms with Crippen molar-refractivity contribution in [3.63, 3.8) is 0 Å². The van der Waals surface area contributed by atoms with Gasteiger partial charge in [0.1, 0.15) is 0 Å². The smallest absolute Gasteiger partial charge is 0.280 e. The number of unbranched alkanes of at least 4 members (excludes halogenated alkanes) is 2. The zero-order valence-corrected chi connectivity index (χ0v) is 14.7. The predicted octanol–water partition coefficient (Wildman–Crippen LogP) is 3.07. The zero-order valence-electron chi connectivity index (χ0n) is 14.7. The van der Waals surface area contributed by atoms with Crippen LogP contribution in [0.15, 0.2) is 0 Å². The molecule has 0 bridgehead atoms. The van der Waals surface area contributed by atoms with Gasteiger partial charge < -0.3 is 10.1 Å². The lowest BCUT2D eigenvalue weighted by Crippen LogP contribution is -2.58. The van der Waals surface area contributed by atoms with Gasteiger partial charge in [-0.1, -0.05) is 13.8 Å². The van der Waals surface area contributed by atoms with Crippen molar-refractivity contribution in [1.29, 1.82) is 0 Å². The lowest BCUT2D eigenvalue weighted by molar-refractivity contribution is -0.134. The standard InChI is InChI=1S/C17H32F2N2O2/c1-4-14(3)16(22)20-15-9-11-21(13-17(15,18)19)10-7-6-8-12-23-5-2/h14-15H,4-13H2,1-3H3,(H,20,22). The summed E-state index contributed by atoms with van der Waals surface area (Å²) in [5.41, 5.74) is 0. The molecule has 1 N–H and O–H groups in total. The Kier molecular flexibility index (Phi) is 8.99. The first kappa shape index (κ1) is 20.3. The predicted molar refractivity (Wildman–Crippen MR) is 87.7 cm³/mol. The number of hydrogen-bond acceptors (Lipinski definition) is 3. The molecule has 0 spiro atoms. The summed E-state index contributed by atoms with van der Waals surface area (Å²) < 4.78 is 33.8. The molecule has 1 fully saturated rings. The van der Waals surface area contributed by atoms with Gasteiger partial charge in [0.15, 0.2) is 0 Å². The van der Waals surface area contributed by atoms with E-state index in [-0.39, 0.29) is 18.4 Å². The van der Waals surface area contributed by atoms with E-state index in [0.717, 1.165) is 32.5 Å². The fraction of sp³-hybridized carbons (Fsp3) is 0.941. The maximum atomic E-state index is 14.2. The van der Waals surface area contributed by atoms with Gasteiger partial charge in [-0.2, -0.15) is 0 Å². The lowest BCUT2D eigenvalue weighted by atomic mass is 9.98. The molecule has 6 heteroatoms. The molecule has 0 aromatic heterocycles. The van der Waals surface area contributed by atoms with E-state index in [9.17, 15) is 13.6 Å². The molecule has 1 aliphatic heterocycles. The summed E-state index contributed by atoms with van der Waals surface area (Å²) in [6.07, 6.45) is 3.86. The minimum atomic E-state index is -2.85. The Morgan fingerprint density at radius 2 is 2.09 bits per heavy atom. The topological polar surface area (TPSA) is 41.6 Å². The first-order valence-electron chi connectivity index (χ1n) is 8.89. The summed E-state index contributed by atoms with van der Waals surface area (Å²) in [7, 11) is 0. The van der Waals surface area contributed by atoms with Gasteiger partial charge >= 0.3 is 0 Å². The first-order valence-corrected chi connectivity index (χ1v) is 8.89. The summed E-state index contributed by atoms with van der Waals surface area (Å²) in [5, 5.41) is 2.54. The number of ether oxygens (including phenoxy) is 1. The van der Waals surface area contributed by atoms with Crippen LogP contribution >= 0.6 is 0 Å². The largest absolute Gasteiger partial charge is 0.382 e. The van der Waals surface area contributed by atoms with Crippen LogP contribution in [-0.4, -0.2) is 55.6 Å². The highest BCUT2D eigenvalue weighted by molar-refractivity contribution is 5.78. The number of nitrogens with one attached hydrogen (secondary N) is 1. The van der Waals surface area contributed by atoms with Crippen LogP contribution in [0, 0.1) is 5.92 Å². The van der Waals surface area contributed by atoms with Gasteiger partial charge in [-0.05, 0) is 45.6 Å². The summed E-state index contributed by atoms with van der Waals surface area (Å²) in [6.45, 7) is 8.14. The number of nitrogens with zero attached hydrogens (tertiary/aromatic N) is 1. The van der Waals surface area contributed by atoms with E-state index < -0.39 is 12.0 Å². The van der Waals surface area contributed by atoms with E-state index >= 15 is 0 Å². The Hall–Kier alpha value is -0.750. The molecule has 1 amide bonds. The third kappa shape index (κ3) is 7.12. The number of hydrogen-bond donors (Lipinski definition) is 1. The normalized spacial score (nSPS) is 22.7. The van der Waals surface area contributed by atoms with Gasteiger partial charge in [0.05, 0.1) is 12.6 Å². The number of carbonyl (C=O) groups is 1. The van der Waals surface area contributed by atoms with E-state index in [1.54, 1.807) is 6.92 Å². The van der Waals surface area contributed by atoms with Crippen LogP contribution in [0.4, 0.5) is 8.78 Å². The molecule has 1 saturated heterocycles. The minimum Gasteiger partial charge on any atom is -0.382 e. The number of amides is 1. The van der Waals surface area contributed by atoms with Crippen LogP contribution in [0.5, 0.6) is 0 Å². The molecule has 0 saturated carbocycles. The average molecular weight is 334 g/mol. The third-order valence-corrected chi connectivity index (χ3v) is 4.52. The average Bonchev–Trinajstić information content (AvgIpc) is 2.51. The molecule has 1 heterocycles. The molecule has 23 heavy (non-hydrogen) atoms. The van der Waals surface area contributed by atoms with Crippen LogP contribution in [-0.2, 0) is 9.53 Å². The van der Waals surface area contributed by atoms with Gasteiger partial charge in [-0.15, -0.1) is 0 Å². The summed E-state index contributed by atoms with van der Waals surface area (Å²) >= 11 is 0. The number of alkyl halides is 2. The Bertz CT molecular complexity index is 353. The van der Waals surface area contributed by atoms with Crippen LogP contribution in [0.2, 0.25) is 0 Å². The Balaban J connectivity index is 2.31. The number of piperidine rings is 1. The molecule has 2 atom stereocenters. The van der Waals surface area contributed by atoms with E-state index in [1.807, 2.05) is 18.7 Å². The maximum Gasteiger partial charge on any atom is 0.280 e. The molecule has 2 unspecified atom stereocenters. The number of rotatable bonds is 10. The molecule has 0 aliphatic carbocycles. The lowest BCUT2D eigenvalue weighted by Gasteiger charge is -2.39. The van der Waals surface area contributed by atoms with Crippen LogP contribution in [0.1, 0.15) is 52.9 Å². The quantitative estimate of drug-likeness (QED) is 0.624. The van der Waals surface area contributed by atoms with Crippen LogP contribution in [0.25, 0.3) is 0 Å². The van der Waals surface area contributed by atoms with E-state index in [4.69, 9.17) is 4.74 Å². The molecule has 0 aromatic rings. The van der Waals surface area contributed by atoms with Crippen molar-refractivity contribution in [2.24, 2.45) is 5.92 Å². The second-order valence-corrected chi connectivity index (χ2v) is 6.45. The van der Waals surface area contributed by atoms with Crippen LogP contribution < -0.4 is 5.32 Å². The van der Waals surface area contributed by atoms with Gasteiger partial charge in [0, 0.05) is 25.7 Å². The third-order valence-electron chi connectivity index (χ3n) is 4.52. The van der Waals surface area contributed by atoms with Crippen molar-refractivity contribution < 1.29 is 18.3 Å². The second kappa shape index (κ2) is 10.2. The highest BCUT2D eigenvalue weighted by Gasteiger charge is 2.45. The van der Waals surface area contributed by atoms with Crippen LogP contribution in [0.3, 0.4) is 0 Å². The molecule has 1 rings (SSSR count). The van der Waals surface area contributed by atoms with E-state index in [0.29, 0.717) is 25.9 Å². The SMILES string of the molecule is CCOCCCCCN1CCC(NC(=O)C(C)CC)C(F)(F)C1. The van der Waals surface area contributed by atoms with Gasteiger partial charge in [0.25, 0.3) is 5.92 Å². The summed E-state index contributed by atoms with van der Waals surface area (Å²) in [5.74, 6) is -3.33. The first-order chi connectivity index (χ1) is 10.9. The van der Waals surface area contributed by atoms with Crippen molar-refractivity contribution in [1.82, 2.24) is 10.2 Å². The van der Waals surface area contributed by atoms with Crippen molar-refractivity contribution in [2.75, 3.05) is 32.8 Å². The molecule has 0 aromatic carbocycles. The van der Waals surface area contributed by atoms with E-state index in [1.165, 1.54) is 0 Å².